The highest BCUT2D eigenvalue weighted by atomic mass is 16.5. The SMILES string of the molecule is CCC1CCCC(OCC(=O)NN)C1. The molecule has 1 amide bonds. The lowest BCUT2D eigenvalue weighted by atomic mass is 9.85. The molecular formula is C10H20N2O2. The molecular weight excluding hydrogens is 180 g/mol. The lowest BCUT2D eigenvalue weighted by Gasteiger charge is -2.28. The van der Waals surface area contributed by atoms with Crippen LogP contribution in [0.5, 0.6) is 0 Å². The van der Waals surface area contributed by atoms with Gasteiger partial charge in [-0.15, -0.1) is 0 Å². The maximum Gasteiger partial charge on any atom is 0.259 e. The first kappa shape index (κ1) is 11.5. The number of carbonyl (C=O) groups excluding carboxylic acids is 1. The number of rotatable bonds is 4. The van der Waals surface area contributed by atoms with Gasteiger partial charge in [0, 0.05) is 0 Å². The summed E-state index contributed by atoms with van der Waals surface area (Å²) in [5.41, 5.74) is 2.07. The topological polar surface area (TPSA) is 64.3 Å². The van der Waals surface area contributed by atoms with Crippen molar-refractivity contribution in [2.45, 2.75) is 45.1 Å². The fraction of sp³-hybridized carbons (Fsp3) is 0.900. The third-order valence-electron chi connectivity index (χ3n) is 2.92. The Labute approximate surface area is 85.2 Å². The zero-order chi connectivity index (χ0) is 10.4. The number of hydrogen-bond donors (Lipinski definition) is 2. The molecule has 0 spiro atoms. The molecule has 0 aliphatic heterocycles. The first-order valence-corrected chi connectivity index (χ1v) is 5.37. The van der Waals surface area contributed by atoms with Gasteiger partial charge >= 0.3 is 0 Å². The number of hydrazine groups is 1. The molecule has 14 heavy (non-hydrogen) atoms. The van der Waals surface area contributed by atoms with Crippen molar-refractivity contribution in [2.24, 2.45) is 11.8 Å². The van der Waals surface area contributed by atoms with Crippen molar-refractivity contribution in [2.75, 3.05) is 6.61 Å². The molecule has 2 atom stereocenters. The van der Waals surface area contributed by atoms with E-state index in [1.807, 2.05) is 0 Å². The normalized spacial score (nSPS) is 27.3. The highest BCUT2D eigenvalue weighted by Gasteiger charge is 2.21. The minimum atomic E-state index is -0.247. The van der Waals surface area contributed by atoms with Gasteiger partial charge in [0.1, 0.15) is 6.61 Å². The van der Waals surface area contributed by atoms with E-state index in [1.54, 1.807) is 0 Å². The molecule has 0 bridgehead atoms. The van der Waals surface area contributed by atoms with Crippen LogP contribution in [0, 0.1) is 5.92 Å². The van der Waals surface area contributed by atoms with Crippen LogP contribution in [-0.4, -0.2) is 18.6 Å². The van der Waals surface area contributed by atoms with Crippen molar-refractivity contribution in [3.63, 3.8) is 0 Å². The summed E-state index contributed by atoms with van der Waals surface area (Å²) in [6.07, 6.45) is 6.16. The maximum atomic E-state index is 10.8. The first-order valence-electron chi connectivity index (χ1n) is 5.37. The van der Waals surface area contributed by atoms with E-state index in [0.29, 0.717) is 0 Å². The minimum Gasteiger partial charge on any atom is -0.368 e. The minimum absolute atomic E-state index is 0.0948. The first-order chi connectivity index (χ1) is 6.76. The van der Waals surface area contributed by atoms with Crippen molar-refractivity contribution in [1.82, 2.24) is 5.43 Å². The molecule has 1 aliphatic rings. The molecule has 4 heteroatoms. The second kappa shape index (κ2) is 5.98. The van der Waals surface area contributed by atoms with Crippen molar-refractivity contribution in [3.05, 3.63) is 0 Å². The molecule has 0 saturated heterocycles. The third-order valence-corrected chi connectivity index (χ3v) is 2.92. The van der Waals surface area contributed by atoms with Gasteiger partial charge in [-0.25, -0.2) is 5.84 Å². The molecule has 0 heterocycles. The monoisotopic (exact) mass is 200 g/mol. The number of amides is 1. The van der Waals surface area contributed by atoms with E-state index < -0.39 is 0 Å². The molecule has 0 aromatic carbocycles. The molecule has 1 saturated carbocycles. The Bertz CT molecular complexity index is 185. The molecule has 1 aliphatic carbocycles. The van der Waals surface area contributed by atoms with E-state index in [2.05, 4.69) is 12.3 Å². The largest absolute Gasteiger partial charge is 0.368 e. The second-order valence-electron chi connectivity index (χ2n) is 3.94. The fourth-order valence-corrected chi connectivity index (χ4v) is 2.00. The Balaban J connectivity index is 2.20. The van der Waals surface area contributed by atoms with Gasteiger partial charge in [0.15, 0.2) is 0 Å². The van der Waals surface area contributed by atoms with Crippen molar-refractivity contribution in [1.29, 1.82) is 0 Å². The lowest BCUT2D eigenvalue weighted by Crippen LogP contribution is -2.35. The van der Waals surface area contributed by atoms with Gasteiger partial charge in [0.05, 0.1) is 6.10 Å². The van der Waals surface area contributed by atoms with Crippen LogP contribution < -0.4 is 11.3 Å². The summed E-state index contributed by atoms with van der Waals surface area (Å²) in [4.78, 5) is 10.8. The van der Waals surface area contributed by atoms with Crippen LogP contribution in [0.15, 0.2) is 0 Å². The van der Waals surface area contributed by atoms with E-state index in [0.717, 1.165) is 18.8 Å². The summed E-state index contributed by atoms with van der Waals surface area (Å²) < 4.78 is 5.48. The van der Waals surface area contributed by atoms with Gasteiger partial charge in [-0.1, -0.05) is 26.2 Å². The van der Waals surface area contributed by atoms with Crippen molar-refractivity contribution < 1.29 is 9.53 Å². The van der Waals surface area contributed by atoms with E-state index in [-0.39, 0.29) is 18.6 Å². The van der Waals surface area contributed by atoms with E-state index in [1.165, 1.54) is 19.3 Å². The Morgan fingerprint density at radius 2 is 2.36 bits per heavy atom. The smallest absolute Gasteiger partial charge is 0.259 e. The molecule has 2 unspecified atom stereocenters. The molecule has 82 valence electrons. The molecule has 4 nitrogen and oxygen atoms in total. The van der Waals surface area contributed by atoms with E-state index in [9.17, 15) is 4.79 Å². The third kappa shape index (κ3) is 3.64. The predicted octanol–water partition coefficient (Wildman–Crippen LogP) is 0.962. The van der Waals surface area contributed by atoms with Crippen LogP contribution in [0.3, 0.4) is 0 Å². The Hall–Kier alpha value is -0.610. The Kier molecular flexibility index (Phi) is 4.90. The zero-order valence-corrected chi connectivity index (χ0v) is 8.79. The number of nitrogens with one attached hydrogen (secondary N) is 1. The summed E-state index contributed by atoms with van der Waals surface area (Å²) in [6, 6.07) is 0. The lowest BCUT2D eigenvalue weighted by molar-refractivity contribution is -0.128. The number of ether oxygens (including phenoxy) is 1. The van der Waals surface area contributed by atoms with Gasteiger partial charge in [-0.2, -0.15) is 0 Å². The number of nitrogens with two attached hydrogens (primary N) is 1. The number of hydrogen-bond acceptors (Lipinski definition) is 3. The summed E-state index contributed by atoms with van der Waals surface area (Å²) in [5.74, 6) is 5.49. The summed E-state index contributed by atoms with van der Waals surface area (Å²) in [5, 5.41) is 0. The standard InChI is InChI=1S/C10H20N2O2/c1-2-8-4-3-5-9(6-8)14-7-10(13)12-11/h8-9H,2-7,11H2,1H3,(H,12,13). The van der Waals surface area contributed by atoms with Gasteiger partial charge in [0.2, 0.25) is 0 Å². The molecule has 0 aromatic rings. The summed E-state index contributed by atoms with van der Waals surface area (Å²) >= 11 is 0. The highest BCUT2D eigenvalue weighted by Crippen LogP contribution is 2.28. The van der Waals surface area contributed by atoms with Crippen LogP contribution in [-0.2, 0) is 9.53 Å². The van der Waals surface area contributed by atoms with Crippen molar-refractivity contribution in [3.8, 4) is 0 Å². The van der Waals surface area contributed by atoms with Crippen LogP contribution >= 0.6 is 0 Å². The van der Waals surface area contributed by atoms with Gasteiger partial charge in [0.25, 0.3) is 5.91 Å². The van der Waals surface area contributed by atoms with Crippen LogP contribution in [0.2, 0.25) is 0 Å². The average Bonchev–Trinajstić information content (AvgIpc) is 2.26. The van der Waals surface area contributed by atoms with E-state index >= 15 is 0 Å². The van der Waals surface area contributed by atoms with Crippen LogP contribution in [0.1, 0.15) is 39.0 Å². The quantitative estimate of drug-likeness (QED) is 0.403. The van der Waals surface area contributed by atoms with Crippen LogP contribution in [0.25, 0.3) is 0 Å². The molecule has 0 aromatic heterocycles. The average molecular weight is 200 g/mol. The van der Waals surface area contributed by atoms with Crippen molar-refractivity contribution >= 4 is 5.91 Å². The maximum absolute atomic E-state index is 10.8. The van der Waals surface area contributed by atoms with Gasteiger partial charge < -0.3 is 4.74 Å². The molecule has 1 rings (SSSR count). The fourth-order valence-electron chi connectivity index (χ4n) is 2.00. The van der Waals surface area contributed by atoms with E-state index in [4.69, 9.17) is 10.6 Å². The summed E-state index contributed by atoms with van der Waals surface area (Å²) in [7, 11) is 0. The predicted molar refractivity (Wildman–Crippen MR) is 54.3 cm³/mol. The molecule has 3 N–H and O–H groups in total. The van der Waals surface area contributed by atoms with Gasteiger partial charge in [-0.05, 0) is 18.8 Å². The van der Waals surface area contributed by atoms with Crippen LogP contribution in [0.4, 0.5) is 0 Å². The second-order valence-corrected chi connectivity index (χ2v) is 3.94. The Morgan fingerprint density at radius 3 is 3.00 bits per heavy atom. The molecule has 1 fully saturated rings. The summed E-state index contributed by atoms with van der Waals surface area (Å²) in [6.45, 7) is 2.30. The Morgan fingerprint density at radius 1 is 1.57 bits per heavy atom. The zero-order valence-electron chi connectivity index (χ0n) is 8.79. The highest BCUT2D eigenvalue weighted by molar-refractivity contribution is 5.76. The molecule has 0 radical (unpaired) electrons. The van der Waals surface area contributed by atoms with Gasteiger partial charge in [-0.3, -0.25) is 10.2 Å². The number of carbonyl (C=O) groups is 1.